The van der Waals surface area contributed by atoms with Crippen molar-refractivity contribution in [1.29, 1.82) is 0 Å². The SMILES string of the molecule is CCNC(=NCC1CN2CCN1CC2)NC1CCc2nc(C(C)C)nn2C1.I. The van der Waals surface area contributed by atoms with Crippen LogP contribution < -0.4 is 10.6 Å². The van der Waals surface area contributed by atoms with Gasteiger partial charge in [-0.05, 0) is 13.3 Å². The Labute approximate surface area is 185 Å². The van der Waals surface area contributed by atoms with E-state index in [9.17, 15) is 0 Å². The monoisotopic (exact) mass is 502 g/mol. The van der Waals surface area contributed by atoms with Crippen molar-refractivity contribution in [2.45, 2.75) is 58.2 Å². The average Bonchev–Trinajstić information content (AvgIpc) is 3.11. The predicted octanol–water partition coefficient (Wildman–Crippen LogP) is 0.889. The van der Waals surface area contributed by atoms with Gasteiger partial charge in [-0.2, -0.15) is 5.10 Å². The molecule has 158 valence electrons. The minimum Gasteiger partial charge on any atom is -0.357 e. The predicted molar refractivity (Wildman–Crippen MR) is 123 cm³/mol. The van der Waals surface area contributed by atoms with E-state index >= 15 is 0 Å². The molecule has 1 aromatic rings. The van der Waals surface area contributed by atoms with Crippen LogP contribution in [0.25, 0.3) is 0 Å². The van der Waals surface area contributed by atoms with Crippen molar-refractivity contribution < 1.29 is 0 Å². The summed E-state index contributed by atoms with van der Waals surface area (Å²) in [5.74, 6) is 3.40. The Morgan fingerprint density at radius 3 is 2.64 bits per heavy atom. The fraction of sp³-hybridized carbons (Fsp3) is 0.842. The van der Waals surface area contributed by atoms with Crippen molar-refractivity contribution in [3.8, 4) is 0 Å². The average molecular weight is 502 g/mol. The van der Waals surface area contributed by atoms with Gasteiger partial charge in [-0.15, -0.1) is 24.0 Å². The summed E-state index contributed by atoms with van der Waals surface area (Å²) in [6, 6.07) is 0.911. The highest BCUT2D eigenvalue weighted by Gasteiger charge is 2.31. The molecule has 0 aliphatic carbocycles. The molecule has 0 saturated carbocycles. The maximum Gasteiger partial charge on any atom is 0.191 e. The van der Waals surface area contributed by atoms with Gasteiger partial charge in [0.05, 0.1) is 13.1 Å². The number of hydrogen-bond acceptors (Lipinski definition) is 5. The summed E-state index contributed by atoms with van der Waals surface area (Å²) in [5.41, 5.74) is 0. The lowest BCUT2D eigenvalue weighted by Crippen LogP contribution is -2.62. The maximum atomic E-state index is 4.92. The summed E-state index contributed by atoms with van der Waals surface area (Å²) in [7, 11) is 0. The van der Waals surface area contributed by atoms with Crippen LogP contribution in [0.2, 0.25) is 0 Å². The van der Waals surface area contributed by atoms with Gasteiger partial charge in [0.1, 0.15) is 5.82 Å². The van der Waals surface area contributed by atoms with Gasteiger partial charge >= 0.3 is 0 Å². The Bertz CT molecular complexity index is 665. The van der Waals surface area contributed by atoms with Crippen LogP contribution in [0.3, 0.4) is 0 Å². The van der Waals surface area contributed by atoms with E-state index in [1.165, 1.54) is 26.2 Å². The highest BCUT2D eigenvalue weighted by atomic mass is 127. The number of hydrogen-bond donors (Lipinski definition) is 2. The molecule has 0 radical (unpaired) electrons. The first-order chi connectivity index (χ1) is 13.1. The Morgan fingerprint density at radius 2 is 2.00 bits per heavy atom. The van der Waals surface area contributed by atoms with E-state index in [4.69, 9.17) is 10.1 Å². The van der Waals surface area contributed by atoms with E-state index in [-0.39, 0.29) is 24.0 Å². The van der Waals surface area contributed by atoms with Gasteiger partial charge < -0.3 is 10.6 Å². The van der Waals surface area contributed by atoms with Gasteiger partial charge in [0.15, 0.2) is 11.8 Å². The first kappa shape index (κ1) is 21.8. The first-order valence-electron chi connectivity index (χ1n) is 10.6. The van der Waals surface area contributed by atoms with Crippen LogP contribution in [-0.2, 0) is 13.0 Å². The molecule has 0 amide bonds. The van der Waals surface area contributed by atoms with Gasteiger partial charge in [-0.1, -0.05) is 13.8 Å². The molecule has 2 N–H and O–H groups in total. The number of nitrogens with zero attached hydrogens (tertiary/aromatic N) is 6. The van der Waals surface area contributed by atoms with Crippen LogP contribution in [0.1, 0.15) is 44.8 Å². The van der Waals surface area contributed by atoms with Crippen molar-refractivity contribution in [3.63, 3.8) is 0 Å². The van der Waals surface area contributed by atoms with E-state index in [0.29, 0.717) is 18.0 Å². The fourth-order valence-electron chi connectivity index (χ4n) is 4.30. The summed E-state index contributed by atoms with van der Waals surface area (Å²) < 4.78 is 2.08. The molecule has 3 fully saturated rings. The third-order valence-electron chi connectivity index (χ3n) is 5.93. The summed E-state index contributed by atoms with van der Waals surface area (Å²) in [4.78, 5) is 14.8. The van der Waals surface area contributed by atoms with Crippen molar-refractivity contribution in [2.24, 2.45) is 4.99 Å². The number of halogens is 1. The Hall–Kier alpha value is -0.940. The third kappa shape index (κ3) is 4.96. The molecule has 0 aromatic carbocycles. The summed E-state index contributed by atoms with van der Waals surface area (Å²) in [5, 5.41) is 11.8. The minimum absolute atomic E-state index is 0. The molecule has 8 nitrogen and oxygen atoms in total. The summed E-state index contributed by atoms with van der Waals surface area (Å²) in [6.45, 7) is 15.0. The number of nitrogens with one attached hydrogen (secondary N) is 2. The quantitative estimate of drug-likeness (QED) is 0.354. The molecule has 28 heavy (non-hydrogen) atoms. The zero-order chi connectivity index (χ0) is 18.8. The molecular weight excluding hydrogens is 467 g/mol. The lowest BCUT2D eigenvalue weighted by Gasteiger charge is -2.47. The van der Waals surface area contributed by atoms with Crippen LogP contribution in [0.15, 0.2) is 4.99 Å². The fourth-order valence-corrected chi connectivity index (χ4v) is 4.30. The molecule has 2 unspecified atom stereocenters. The number of piperazine rings is 3. The van der Waals surface area contributed by atoms with E-state index < -0.39 is 0 Å². The van der Waals surface area contributed by atoms with Crippen molar-refractivity contribution in [2.75, 3.05) is 45.8 Å². The smallest absolute Gasteiger partial charge is 0.191 e. The van der Waals surface area contributed by atoms with Gasteiger partial charge in [-0.25, -0.2) is 9.67 Å². The number of rotatable bonds is 5. The molecule has 4 aliphatic rings. The number of fused-ring (bicyclic) bond motifs is 4. The second-order valence-corrected chi connectivity index (χ2v) is 8.31. The Morgan fingerprint density at radius 1 is 1.21 bits per heavy atom. The Balaban J connectivity index is 0.00000225. The number of guanidine groups is 1. The minimum atomic E-state index is 0. The molecule has 4 aliphatic heterocycles. The molecule has 1 aromatic heterocycles. The molecule has 5 heterocycles. The van der Waals surface area contributed by atoms with Gasteiger partial charge in [0.2, 0.25) is 0 Å². The van der Waals surface area contributed by atoms with E-state index in [2.05, 4.69) is 50.9 Å². The highest BCUT2D eigenvalue weighted by molar-refractivity contribution is 14.0. The normalized spacial score (nSPS) is 29.4. The third-order valence-corrected chi connectivity index (χ3v) is 5.93. The summed E-state index contributed by atoms with van der Waals surface area (Å²) >= 11 is 0. The highest BCUT2D eigenvalue weighted by Crippen LogP contribution is 2.18. The first-order valence-corrected chi connectivity index (χ1v) is 10.6. The molecule has 2 atom stereocenters. The molecule has 5 rings (SSSR count). The number of aliphatic imine (C=N–C) groups is 1. The standard InChI is InChI=1S/C19H34N8.HI/c1-4-20-19(21-11-16-13-25-7-9-26(16)10-8-25)22-15-5-6-17-23-18(14(2)3)24-27(17)12-15;/h14-16H,4-13H2,1-3H3,(H2,20,21,22);1H. The van der Waals surface area contributed by atoms with Crippen molar-refractivity contribution in [1.82, 2.24) is 35.2 Å². The lowest BCUT2D eigenvalue weighted by molar-refractivity contribution is 0.0174. The van der Waals surface area contributed by atoms with Crippen LogP contribution >= 0.6 is 24.0 Å². The van der Waals surface area contributed by atoms with E-state index in [0.717, 1.165) is 56.6 Å². The zero-order valence-corrected chi connectivity index (χ0v) is 19.7. The maximum absolute atomic E-state index is 4.92. The van der Waals surface area contributed by atoms with Crippen LogP contribution in [0, 0.1) is 0 Å². The molecule has 0 spiro atoms. The van der Waals surface area contributed by atoms with Gasteiger partial charge in [-0.3, -0.25) is 14.8 Å². The zero-order valence-electron chi connectivity index (χ0n) is 17.4. The topological polar surface area (TPSA) is 73.6 Å². The van der Waals surface area contributed by atoms with Crippen molar-refractivity contribution >= 4 is 29.9 Å². The molecule has 3 saturated heterocycles. The largest absolute Gasteiger partial charge is 0.357 e. The van der Waals surface area contributed by atoms with Crippen LogP contribution in [-0.4, -0.2) is 88.4 Å². The molecule has 9 heteroatoms. The van der Waals surface area contributed by atoms with Gasteiger partial charge in [0.25, 0.3) is 0 Å². The summed E-state index contributed by atoms with van der Waals surface area (Å²) in [6.07, 6.45) is 2.05. The number of aryl methyl sites for hydroxylation is 1. The van der Waals surface area contributed by atoms with Crippen LogP contribution in [0.5, 0.6) is 0 Å². The Kier molecular flexibility index (Phi) is 7.54. The number of aromatic nitrogens is 3. The molecule has 2 bridgehead atoms. The lowest BCUT2D eigenvalue weighted by atomic mass is 10.1. The molecular formula is C19H35IN8. The van der Waals surface area contributed by atoms with E-state index in [1.807, 2.05) is 0 Å². The van der Waals surface area contributed by atoms with E-state index in [1.54, 1.807) is 0 Å². The second kappa shape index (κ2) is 9.71. The van der Waals surface area contributed by atoms with Gasteiger partial charge in [0, 0.05) is 63.7 Å². The van der Waals surface area contributed by atoms with Crippen LogP contribution in [0.4, 0.5) is 0 Å². The second-order valence-electron chi connectivity index (χ2n) is 8.31. The van der Waals surface area contributed by atoms with Crippen molar-refractivity contribution in [3.05, 3.63) is 11.6 Å².